The second-order valence-electron chi connectivity index (χ2n) is 7.23. The van der Waals surface area contributed by atoms with Crippen molar-refractivity contribution in [3.8, 4) is 22.3 Å². The molecule has 0 radical (unpaired) electrons. The maximum Gasteiger partial charge on any atom is 0.0159 e. The van der Waals surface area contributed by atoms with Crippen LogP contribution in [0.3, 0.4) is 0 Å². The Kier molecular flexibility index (Phi) is 3.25. The zero-order chi connectivity index (χ0) is 16.9. The van der Waals surface area contributed by atoms with Crippen molar-refractivity contribution in [2.24, 2.45) is 0 Å². The van der Waals surface area contributed by atoms with E-state index in [1.165, 1.54) is 38.9 Å². The molecule has 0 N–H and O–H groups in total. The Morgan fingerprint density at radius 2 is 1.42 bits per heavy atom. The summed E-state index contributed by atoms with van der Waals surface area (Å²) in [4.78, 5) is 0. The Bertz CT molecular complexity index is 943. The van der Waals surface area contributed by atoms with Crippen molar-refractivity contribution in [3.05, 3.63) is 90.0 Å². The van der Waals surface area contributed by atoms with E-state index in [9.17, 15) is 0 Å². The van der Waals surface area contributed by atoms with Gasteiger partial charge in [0.05, 0.1) is 0 Å². The first-order chi connectivity index (χ1) is 11.5. The fraction of sp³-hybridized carbons (Fsp3) is 0.167. The van der Waals surface area contributed by atoms with Crippen molar-refractivity contribution >= 4 is 5.57 Å². The van der Waals surface area contributed by atoms with E-state index >= 15 is 0 Å². The van der Waals surface area contributed by atoms with Gasteiger partial charge in [-0.1, -0.05) is 87.2 Å². The molecule has 0 aliphatic heterocycles. The lowest BCUT2D eigenvalue weighted by molar-refractivity contribution is 0.660. The van der Waals surface area contributed by atoms with Crippen molar-refractivity contribution in [2.45, 2.75) is 26.2 Å². The van der Waals surface area contributed by atoms with Crippen molar-refractivity contribution in [1.29, 1.82) is 0 Å². The molecule has 0 nitrogen and oxygen atoms in total. The highest BCUT2D eigenvalue weighted by Gasteiger charge is 2.37. The second-order valence-corrected chi connectivity index (χ2v) is 7.23. The van der Waals surface area contributed by atoms with Crippen molar-refractivity contribution in [1.82, 2.24) is 0 Å². The minimum absolute atomic E-state index is 0.0331. The minimum atomic E-state index is 0.0331. The van der Waals surface area contributed by atoms with Crippen molar-refractivity contribution in [3.63, 3.8) is 0 Å². The summed E-state index contributed by atoms with van der Waals surface area (Å²) < 4.78 is 0. The molecule has 1 aliphatic carbocycles. The lowest BCUT2D eigenvalue weighted by atomic mass is 9.81. The van der Waals surface area contributed by atoms with Crippen LogP contribution < -0.4 is 0 Å². The van der Waals surface area contributed by atoms with Crippen LogP contribution in [0.25, 0.3) is 27.8 Å². The maximum atomic E-state index is 4.31. The van der Waals surface area contributed by atoms with E-state index in [2.05, 4.69) is 94.1 Å². The average molecular weight is 310 g/mol. The average Bonchev–Trinajstić information content (AvgIpc) is 2.83. The molecule has 24 heavy (non-hydrogen) atoms. The fourth-order valence-corrected chi connectivity index (χ4v) is 4.10. The van der Waals surface area contributed by atoms with E-state index in [1.807, 2.05) is 0 Å². The van der Waals surface area contributed by atoms with Gasteiger partial charge in [0.1, 0.15) is 0 Å². The smallest absolute Gasteiger partial charge is 0.0159 e. The molecule has 3 aromatic carbocycles. The molecule has 0 saturated heterocycles. The molecular weight excluding hydrogens is 288 g/mol. The number of rotatable bonds is 2. The Balaban J connectivity index is 2.11. The van der Waals surface area contributed by atoms with Crippen LogP contribution in [-0.4, -0.2) is 0 Å². The molecule has 0 saturated carbocycles. The summed E-state index contributed by atoms with van der Waals surface area (Å²) in [6, 6.07) is 24.0. The Morgan fingerprint density at radius 3 is 2.12 bits per heavy atom. The van der Waals surface area contributed by atoms with Crippen LogP contribution >= 0.6 is 0 Å². The van der Waals surface area contributed by atoms with Crippen LogP contribution in [0.1, 0.15) is 37.5 Å². The summed E-state index contributed by atoms with van der Waals surface area (Å²) in [6.45, 7) is 11.1. The quantitative estimate of drug-likeness (QED) is 0.494. The van der Waals surface area contributed by atoms with Crippen LogP contribution in [0.4, 0.5) is 0 Å². The summed E-state index contributed by atoms with van der Waals surface area (Å²) in [6.07, 6.45) is 0. The summed E-state index contributed by atoms with van der Waals surface area (Å²) in [5, 5.41) is 0. The van der Waals surface area contributed by atoms with Gasteiger partial charge < -0.3 is 0 Å². The molecular formula is C24H22. The van der Waals surface area contributed by atoms with Crippen LogP contribution in [0.2, 0.25) is 0 Å². The van der Waals surface area contributed by atoms with Gasteiger partial charge in [0.15, 0.2) is 0 Å². The van der Waals surface area contributed by atoms with E-state index in [-0.39, 0.29) is 5.41 Å². The second kappa shape index (κ2) is 5.21. The minimum Gasteiger partial charge on any atom is -0.0955 e. The van der Waals surface area contributed by atoms with Crippen LogP contribution in [0.15, 0.2) is 73.3 Å². The van der Waals surface area contributed by atoms with Gasteiger partial charge in [-0.25, -0.2) is 0 Å². The lowest BCUT2D eigenvalue weighted by Gasteiger charge is -2.22. The van der Waals surface area contributed by atoms with E-state index in [0.29, 0.717) is 0 Å². The SMILES string of the molecule is C=C(C)c1c(-c2ccccc2)ccc2c1-c1ccccc1C2(C)C. The zero-order valence-electron chi connectivity index (χ0n) is 14.6. The number of hydrogen-bond acceptors (Lipinski definition) is 0. The Labute approximate surface area is 144 Å². The first-order valence-electron chi connectivity index (χ1n) is 8.50. The van der Waals surface area contributed by atoms with Crippen molar-refractivity contribution < 1.29 is 0 Å². The highest BCUT2D eigenvalue weighted by molar-refractivity contribution is 5.95. The van der Waals surface area contributed by atoms with Gasteiger partial charge in [-0.2, -0.15) is 0 Å². The van der Waals surface area contributed by atoms with E-state index in [0.717, 1.165) is 5.57 Å². The molecule has 4 rings (SSSR count). The predicted octanol–water partition coefficient (Wildman–Crippen LogP) is 6.69. The van der Waals surface area contributed by atoms with Gasteiger partial charge in [-0.15, -0.1) is 0 Å². The van der Waals surface area contributed by atoms with Gasteiger partial charge >= 0.3 is 0 Å². The normalized spacial score (nSPS) is 14.1. The van der Waals surface area contributed by atoms with Gasteiger partial charge in [0.2, 0.25) is 0 Å². The predicted molar refractivity (Wildman–Crippen MR) is 104 cm³/mol. The lowest BCUT2D eigenvalue weighted by Crippen LogP contribution is -2.15. The van der Waals surface area contributed by atoms with Crippen molar-refractivity contribution in [2.75, 3.05) is 0 Å². The molecule has 0 amide bonds. The topological polar surface area (TPSA) is 0 Å². The third kappa shape index (κ3) is 1.99. The summed E-state index contributed by atoms with van der Waals surface area (Å²) in [5.41, 5.74) is 10.5. The highest BCUT2D eigenvalue weighted by Crippen LogP contribution is 2.52. The first kappa shape index (κ1) is 15.0. The number of benzene rings is 3. The van der Waals surface area contributed by atoms with Crippen LogP contribution in [0, 0.1) is 0 Å². The molecule has 0 heteroatoms. The van der Waals surface area contributed by atoms with E-state index < -0.39 is 0 Å². The number of fused-ring (bicyclic) bond motifs is 3. The summed E-state index contributed by atoms with van der Waals surface area (Å²) >= 11 is 0. The largest absolute Gasteiger partial charge is 0.0955 e. The highest BCUT2D eigenvalue weighted by atomic mass is 14.4. The molecule has 0 aromatic heterocycles. The van der Waals surface area contributed by atoms with Crippen LogP contribution in [-0.2, 0) is 5.41 Å². The number of hydrogen-bond donors (Lipinski definition) is 0. The Hall–Kier alpha value is -2.60. The summed E-state index contributed by atoms with van der Waals surface area (Å²) in [5.74, 6) is 0. The zero-order valence-corrected chi connectivity index (χ0v) is 14.6. The molecule has 0 unspecified atom stereocenters. The third-order valence-corrected chi connectivity index (χ3v) is 5.26. The monoisotopic (exact) mass is 310 g/mol. The molecule has 0 heterocycles. The molecule has 1 aliphatic rings. The summed E-state index contributed by atoms with van der Waals surface area (Å²) in [7, 11) is 0. The van der Waals surface area contributed by atoms with Gasteiger partial charge in [-0.3, -0.25) is 0 Å². The standard InChI is InChI=1S/C24H22/c1-16(2)22-18(17-10-6-5-7-11-17)14-15-21-23(22)19-12-8-9-13-20(19)24(21,3)4/h5-15H,1H2,2-4H3. The molecule has 0 atom stereocenters. The van der Waals surface area contributed by atoms with Crippen LogP contribution in [0.5, 0.6) is 0 Å². The molecule has 0 bridgehead atoms. The van der Waals surface area contributed by atoms with Gasteiger partial charge in [-0.05, 0) is 51.4 Å². The first-order valence-corrected chi connectivity index (χ1v) is 8.50. The maximum absolute atomic E-state index is 4.31. The molecule has 118 valence electrons. The molecule has 3 aromatic rings. The third-order valence-electron chi connectivity index (χ3n) is 5.26. The number of allylic oxidation sites excluding steroid dienone is 1. The van der Waals surface area contributed by atoms with Gasteiger partial charge in [0, 0.05) is 5.41 Å². The van der Waals surface area contributed by atoms with Gasteiger partial charge in [0.25, 0.3) is 0 Å². The fourth-order valence-electron chi connectivity index (χ4n) is 4.10. The molecule has 0 spiro atoms. The molecule has 0 fully saturated rings. The Morgan fingerprint density at radius 1 is 0.750 bits per heavy atom. The van der Waals surface area contributed by atoms with E-state index in [4.69, 9.17) is 0 Å². The van der Waals surface area contributed by atoms with E-state index in [1.54, 1.807) is 0 Å².